The van der Waals surface area contributed by atoms with Crippen LogP contribution >= 0.6 is 0 Å². The van der Waals surface area contributed by atoms with Crippen LogP contribution in [-0.2, 0) is 11.3 Å². The molecule has 0 aliphatic rings. The molecule has 1 aromatic rings. The number of methoxy groups -OCH3 is 1. The second-order valence-electron chi connectivity index (χ2n) is 4.13. The molecule has 1 heterocycles. The molecular formula is C12H23N3O. The van der Waals surface area contributed by atoms with Crippen molar-refractivity contribution in [2.45, 2.75) is 39.8 Å². The van der Waals surface area contributed by atoms with Gasteiger partial charge < -0.3 is 10.1 Å². The van der Waals surface area contributed by atoms with E-state index in [1.54, 1.807) is 7.11 Å². The molecule has 0 aliphatic carbocycles. The first kappa shape index (κ1) is 13.2. The zero-order valence-corrected chi connectivity index (χ0v) is 10.8. The van der Waals surface area contributed by atoms with Crippen molar-refractivity contribution in [3.8, 4) is 0 Å². The van der Waals surface area contributed by atoms with E-state index < -0.39 is 0 Å². The lowest BCUT2D eigenvalue weighted by Crippen LogP contribution is -2.12. The number of aryl methyl sites for hydroxylation is 1. The molecule has 1 rings (SSSR count). The van der Waals surface area contributed by atoms with Gasteiger partial charge in [-0.2, -0.15) is 5.10 Å². The molecule has 0 saturated heterocycles. The van der Waals surface area contributed by atoms with Crippen molar-refractivity contribution in [3.63, 3.8) is 0 Å². The summed E-state index contributed by atoms with van der Waals surface area (Å²) in [5.41, 5.74) is 2.40. The third-order valence-corrected chi connectivity index (χ3v) is 2.78. The van der Waals surface area contributed by atoms with Gasteiger partial charge in [0.25, 0.3) is 0 Å². The largest absolute Gasteiger partial charge is 0.385 e. The Balaban J connectivity index is 2.60. The fourth-order valence-electron chi connectivity index (χ4n) is 1.60. The first-order valence-electron chi connectivity index (χ1n) is 5.93. The van der Waals surface area contributed by atoms with E-state index in [1.807, 2.05) is 4.68 Å². The van der Waals surface area contributed by atoms with Crippen molar-refractivity contribution in [2.75, 3.05) is 20.3 Å². The molecule has 0 aromatic carbocycles. The molecule has 92 valence electrons. The van der Waals surface area contributed by atoms with Crippen LogP contribution in [0.25, 0.3) is 0 Å². The molecule has 0 saturated carbocycles. The zero-order valence-electron chi connectivity index (χ0n) is 10.8. The molecule has 4 nitrogen and oxygen atoms in total. The summed E-state index contributed by atoms with van der Waals surface area (Å²) in [4.78, 5) is 0. The maximum absolute atomic E-state index is 5.08. The Labute approximate surface area is 98.0 Å². The zero-order chi connectivity index (χ0) is 12.0. The number of ether oxygens (including phenoxy) is 1. The molecule has 0 radical (unpaired) electrons. The van der Waals surface area contributed by atoms with Crippen LogP contribution in [0.15, 0.2) is 6.20 Å². The van der Waals surface area contributed by atoms with Crippen molar-refractivity contribution in [2.24, 2.45) is 0 Å². The molecule has 0 aliphatic heterocycles. The Bertz CT molecular complexity index is 309. The van der Waals surface area contributed by atoms with Crippen molar-refractivity contribution in [1.82, 2.24) is 15.1 Å². The predicted molar refractivity (Wildman–Crippen MR) is 65.5 cm³/mol. The Morgan fingerprint density at radius 3 is 2.94 bits per heavy atom. The van der Waals surface area contributed by atoms with Crippen molar-refractivity contribution in [1.29, 1.82) is 0 Å². The Kier molecular flexibility index (Phi) is 5.49. The molecule has 0 bridgehead atoms. The molecule has 1 aromatic heterocycles. The minimum Gasteiger partial charge on any atom is -0.385 e. The Morgan fingerprint density at radius 1 is 1.56 bits per heavy atom. The third-order valence-electron chi connectivity index (χ3n) is 2.78. The normalized spacial score (nSPS) is 13.0. The summed E-state index contributed by atoms with van der Waals surface area (Å²) < 4.78 is 7.13. The van der Waals surface area contributed by atoms with Crippen LogP contribution in [0.2, 0.25) is 0 Å². The van der Waals surface area contributed by atoms with E-state index in [4.69, 9.17) is 4.74 Å². The molecule has 1 unspecified atom stereocenters. The highest BCUT2D eigenvalue weighted by molar-refractivity contribution is 5.15. The van der Waals surface area contributed by atoms with E-state index in [0.29, 0.717) is 6.04 Å². The molecule has 1 atom stereocenters. The number of nitrogens with one attached hydrogen (secondary N) is 1. The van der Waals surface area contributed by atoms with Crippen LogP contribution in [0.4, 0.5) is 0 Å². The maximum atomic E-state index is 5.08. The van der Waals surface area contributed by atoms with E-state index in [9.17, 15) is 0 Å². The lowest BCUT2D eigenvalue weighted by Gasteiger charge is -2.10. The third kappa shape index (κ3) is 3.61. The number of rotatable bonds is 7. The summed E-state index contributed by atoms with van der Waals surface area (Å²) in [6, 6.07) is 0.397. The average molecular weight is 225 g/mol. The van der Waals surface area contributed by atoms with Crippen molar-refractivity contribution >= 4 is 0 Å². The highest BCUT2D eigenvalue weighted by Gasteiger charge is 2.09. The van der Waals surface area contributed by atoms with E-state index in [-0.39, 0.29) is 0 Å². The minimum absolute atomic E-state index is 0.397. The average Bonchev–Trinajstić information content (AvgIpc) is 2.65. The van der Waals surface area contributed by atoms with Crippen LogP contribution in [-0.4, -0.2) is 30.0 Å². The highest BCUT2D eigenvalue weighted by atomic mass is 16.5. The van der Waals surface area contributed by atoms with Crippen LogP contribution in [0.3, 0.4) is 0 Å². The molecule has 16 heavy (non-hydrogen) atoms. The van der Waals surface area contributed by atoms with Gasteiger partial charge in [0.05, 0.1) is 11.7 Å². The Morgan fingerprint density at radius 2 is 2.31 bits per heavy atom. The SMILES string of the molecule is CCNCc1cn(C(C)CCOC)nc1C. The lowest BCUT2D eigenvalue weighted by molar-refractivity contribution is 0.178. The van der Waals surface area contributed by atoms with Crippen LogP contribution in [0.5, 0.6) is 0 Å². The lowest BCUT2D eigenvalue weighted by atomic mass is 10.2. The van der Waals surface area contributed by atoms with Gasteiger partial charge in [-0.3, -0.25) is 4.68 Å². The maximum Gasteiger partial charge on any atom is 0.0638 e. The number of nitrogens with zero attached hydrogens (tertiary/aromatic N) is 2. The van der Waals surface area contributed by atoms with E-state index in [1.165, 1.54) is 5.56 Å². The minimum atomic E-state index is 0.397. The summed E-state index contributed by atoms with van der Waals surface area (Å²) >= 11 is 0. The van der Waals surface area contributed by atoms with Gasteiger partial charge in [-0.25, -0.2) is 0 Å². The smallest absolute Gasteiger partial charge is 0.0638 e. The standard InChI is InChI=1S/C12H23N3O/c1-5-13-8-12-9-15(14-11(12)3)10(2)6-7-16-4/h9-10,13H,5-8H2,1-4H3. The number of aromatic nitrogens is 2. The van der Waals surface area contributed by atoms with Gasteiger partial charge in [0.1, 0.15) is 0 Å². The van der Waals surface area contributed by atoms with Gasteiger partial charge in [-0.05, 0) is 26.8 Å². The second kappa shape index (κ2) is 6.66. The number of hydrogen-bond donors (Lipinski definition) is 1. The highest BCUT2D eigenvalue weighted by Crippen LogP contribution is 2.13. The molecule has 0 spiro atoms. The van der Waals surface area contributed by atoms with Gasteiger partial charge in [0.15, 0.2) is 0 Å². The van der Waals surface area contributed by atoms with Crippen molar-refractivity contribution < 1.29 is 4.74 Å². The Hall–Kier alpha value is -0.870. The number of hydrogen-bond acceptors (Lipinski definition) is 3. The van der Waals surface area contributed by atoms with Crippen LogP contribution < -0.4 is 5.32 Å². The molecule has 4 heteroatoms. The van der Waals surface area contributed by atoms with E-state index in [0.717, 1.165) is 31.8 Å². The quantitative estimate of drug-likeness (QED) is 0.770. The van der Waals surface area contributed by atoms with Crippen molar-refractivity contribution in [3.05, 3.63) is 17.5 Å². The first-order chi connectivity index (χ1) is 7.69. The van der Waals surface area contributed by atoms with Gasteiger partial charge in [0.2, 0.25) is 0 Å². The molecule has 0 amide bonds. The fourth-order valence-corrected chi connectivity index (χ4v) is 1.60. The summed E-state index contributed by atoms with van der Waals surface area (Å²) in [5.74, 6) is 0. The monoisotopic (exact) mass is 225 g/mol. The fraction of sp³-hybridized carbons (Fsp3) is 0.750. The topological polar surface area (TPSA) is 39.1 Å². The summed E-state index contributed by atoms with van der Waals surface area (Å²) in [5, 5.41) is 7.86. The summed E-state index contributed by atoms with van der Waals surface area (Å²) in [6.45, 7) is 9.02. The first-order valence-corrected chi connectivity index (χ1v) is 5.93. The predicted octanol–water partition coefficient (Wildman–Crippen LogP) is 1.90. The van der Waals surface area contributed by atoms with E-state index in [2.05, 4.69) is 37.4 Å². The van der Waals surface area contributed by atoms with Gasteiger partial charge in [-0.15, -0.1) is 0 Å². The molecular weight excluding hydrogens is 202 g/mol. The van der Waals surface area contributed by atoms with E-state index >= 15 is 0 Å². The van der Waals surface area contributed by atoms with Gasteiger partial charge >= 0.3 is 0 Å². The summed E-state index contributed by atoms with van der Waals surface area (Å²) in [7, 11) is 1.73. The summed E-state index contributed by atoms with van der Waals surface area (Å²) in [6.07, 6.45) is 3.14. The van der Waals surface area contributed by atoms with Crippen LogP contribution in [0, 0.1) is 6.92 Å². The van der Waals surface area contributed by atoms with Crippen LogP contribution in [0.1, 0.15) is 37.6 Å². The van der Waals surface area contributed by atoms with Gasteiger partial charge in [-0.1, -0.05) is 6.92 Å². The second-order valence-corrected chi connectivity index (χ2v) is 4.13. The molecule has 0 fully saturated rings. The van der Waals surface area contributed by atoms with Gasteiger partial charge in [0, 0.05) is 32.0 Å². The molecule has 1 N–H and O–H groups in total.